The highest BCUT2D eigenvalue weighted by molar-refractivity contribution is 5.85. The van der Waals surface area contributed by atoms with Crippen molar-refractivity contribution >= 4 is 17.7 Å². The van der Waals surface area contributed by atoms with Crippen LogP contribution in [0.25, 0.3) is 0 Å². The van der Waals surface area contributed by atoms with Gasteiger partial charge in [-0.2, -0.15) is 0 Å². The molecule has 1 aliphatic carbocycles. The maximum Gasteiger partial charge on any atom is 0.412 e. The number of pyridine rings is 1. The highest BCUT2D eigenvalue weighted by atomic mass is 16.5. The van der Waals surface area contributed by atoms with Crippen molar-refractivity contribution in [2.45, 2.75) is 58.6 Å². The third-order valence-corrected chi connectivity index (χ3v) is 5.56. The normalized spacial score (nSPS) is 14.3. The van der Waals surface area contributed by atoms with Crippen LogP contribution in [0, 0.1) is 12.8 Å². The molecule has 0 radical (unpaired) electrons. The monoisotopic (exact) mass is 412 g/mol. The second-order valence-electron chi connectivity index (χ2n) is 7.87. The van der Waals surface area contributed by atoms with Gasteiger partial charge in [0.05, 0.1) is 0 Å². The Balaban J connectivity index is 1.83. The smallest absolute Gasteiger partial charge is 0.412 e. The van der Waals surface area contributed by atoms with Gasteiger partial charge in [-0.05, 0) is 36.5 Å². The number of nitrogens with one attached hydrogen (secondary N) is 1. The van der Waals surface area contributed by atoms with E-state index in [0.29, 0.717) is 18.0 Å². The molecule has 2 N–H and O–H groups in total. The Hall–Kier alpha value is -3.09. The van der Waals surface area contributed by atoms with Gasteiger partial charge in [-0.1, -0.05) is 62.4 Å². The molecule has 30 heavy (non-hydrogen) atoms. The minimum atomic E-state index is -1.11. The Morgan fingerprint density at radius 2 is 1.87 bits per heavy atom. The van der Waals surface area contributed by atoms with Crippen molar-refractivity contribution in [2.75, 3.05) is 5.32 Å². The number of benzene rings is 1. The lowest BCUT2D eigenvalue weighted by atomic mass is 9.84. The van der Waals surface area contributed by atoms with E-state index in [9.17, 15) is 14.4 Å². The van der Waals surface area contributed by atoms with Crippen LogP contribution in [0.1, 0.15) is 48.9 Å². The van der Waals surface area contributed by atoms with Gasteiger partial charge in [0.2, 0.25) is 0 Å². The van der Waals surface area contributed by atoms with Crippen molar-refractivity contribution in [1.29, 1.82) is 0 Å². The summed E-state index contributed by atoms with van der Waals surface area (Å²) in [6.07, 6.45) is 5.70. The van der Waals surface area contributed by atoms with Crippen molar-refractivity contribution in [3.63, 3.8) is 0 Å². The Kier molecular flexibility index (Phi) is 7.27. The molecule has 0 unspecified atom stereocenters. The van der Waals surface area contributed by atoms with E-state index in [1.165, 1.54) is 23.8 Å². The minimum absolute atomic E-state index is 0.0831. The molecule has 1 aromatic carbocycles. The number of carboxylic acids is 1. The number of rotatable bonds is 7. The lowest BCUT2D eigenvalue weighted by Crippen LogP contribution is -2.31. The number of hydrogen-bond donors (Lipinski definition) is 2. The van der Waals surface area contributed by atoms with Gasteiger partial charge in [0.15, 0.2) is 0 Å². The molecule has 0 atom stereocenters. The Labute approximate surface area is 175 Å². The number of aromatic nitrogens is 1. The molecule has 0 aliphatic heterocycles. The molecule has 160 valence electrons. The van der Waals surface area contributed by atoms with Gasteiger partial charge in [0.1, 0.15) is 18.8 Å². The predicted octanol–water partition coefficient (Wildman–Crippen LogP) is 4.11. The number of carbonyl (C=O) groups excluding carboxylic acids is 1. The topological polar surface area (TPSA) is 97.6 Å². The van der Waals surface area contributed by atoms with Crippen molar-refractivity contribution in [1.82, 2.24) is 4.57 Å². The highest BCUT2D eigenvalue weighted by Crippen LogP contribution is 2.29. The predicted molar refractivity (Wildman–Crippen MR) is 114 cm³/mol. The Bertz CT molecular complexity index is 946. The number of amides is 1. The van der Waals surface area contributed by atoms with Crippen molar-refractivity contribution in [2.24, 2.45) is 5.92 Å². The Morgan fingerprint density at radius 1 is 1.17 bits per heavy atom. The maximum absolute atomic E-state index is 13.0. The fraction of sp³-hybridized carbons (Fsp3) is 0.435. The van der Waals surface area contributed by atoms with E-state index in [-0.39, 0.29) is 12.3 Å². The lowest BCUT2D eigenvalue weighted by Gasteiger charge is -2.23. The number of aryl methyl sites for hydroxylation is 1. The SMILES string of the molecule is Cc1cc(CC2CCCCC2)c(NC(=O)OCc2ccccc2)c(=O)n1CC(=O)O. The lowest BCUT2D eigenvalue weighted by molar-refractivity contribution is -0.137. The summed E-state index contributed by atoms with van der Waals surface area (Å²) in [4.78, 5) is 36.6. The fourth-order valence-corrected chi connectivity index (χ4v) is 4.02. The zero-order valence-electron chi connectivity index (χ0n) is 17.2. The number of nitrogens with zero attached hydrogens (tertiary/aromatic N) is 1. The molecule has 0 saturated heterocycles. The van der Waals surface area contributed by atoms with E-state index < -0.39 is 24.2 Å². The first kappa shape index (κ1) is 21.6. The number of aliphatic carboxylic acids is 1. The summed E-state index contributed by atoms with van der Waals surface area (Å²) in [6.45, 7) is 1.34. The van der Waals surface area contributed by atoms with Crippen LogP contribution in [-0.2, 0) is 29.1 Å². The quantitative estimate of drug-likeness (QED) is 0.713. The third-order valence-electron chi connectivity index (χ3n) is 5.56. The van der Waals surface area contributed by atoms with Gasteiger partial charge < -0.3 is 9.84 Å². The van der Waals surface area contributed by atoms with E-state index in [1.54, 1.807) is 6.92 Å². The van der Waals surface area contributed by atoms with Gasteiger partial charge in [0.25, 0.3) is 5.56 Å². The van der Waals surface area contributed by atoms with Crippen LogP contribution in [0.2, 0.25) is 0 Å². The molecule has 0 spiro atoms. The summed E-state index contributed by atoms with van der Waals surface area (Å²) in [5.74, 6) is -0.661. The van der Waals surface area contributed by atoms with E-state index in [2.05, 4.69) is 5.32 Å². The van der Waals surface area contributed by atoms with Crippen molar-refractivity contribution in [3.05, 3.63) is 63.6 Å². The van der Waals surface area contributed by atoms with Crippen LogP contribution in [0.15, 0.2) is 41.2 Å². The number of ether oxygens (including phenoxy) is 1. The number of carbonyl (C=O) groups is 2. The summed E-state index contributed by atoms with van der Waals surface area (Å²) in [5.41, 5.74) is 1.74. The molecular formula is C23H28N2O5. The van der Waals surface area contributed by atoms with E-state index >= 15 is 0 Å². The van der Waals surface area contributed by atoms with E-state index in [4.69, 9.17) is 9.84 Å². The average Bonchev–Trinajstić information content (AvgIpc) is 2.74. The van der Waals surface area contributed by atoms with Crippen LogP contribution < -0.4 is 10.9 Å². The number of anilines is 1. The Morgan fingerprint density at radius 3 is 2.53 bits per heavy atom. The average molecular weight is 412 g/mol. The largest absolute Gasteiger partial charge is 0.480 e. The summed E-state index contributed by atoms with van der Waals surface area (Å²) >= 11 is 0. The zero-order valence-corrected chi connectivity index (χ0v) is 17.2. The van der Waals surface area contributed by atoms with Crippen LogP contribution in [0.4, 0.5) is 10.5 Å². The van der Waals surface area contributed by atoms with E-state index in [0.717, 1.165) is 24.0 Å². The summed E-state index contributed by atoms with van der Waals surface area (Å²) < 4.78 is 6.43. The van der Waals surface area contributed by atoms with Gasteiger partial charge in [-0.25, -0.2) is 4.79 Å². The van der Waals surface area contributed by atoms with Crippen molar-refractivity contribution < 1.29 is 19.4 Å². The van der Waals surface area contributed by atoms with Gasteiger partial charge >= 0.3 is 12.1 Å². The standard InChI is InChI=1S/C23H28N2O5/c1-16-12-19(13-17-8-4-2-5-9-17)21(22(28)25(16)14-20(26)27)24-23(29)30-15-18-10-6-3-7-11-18/h3,6-7,10-12,17H,2,4-5,8-9,13-15H2,1H3,(H,24,29)(H,26,27). The molecule has 2 aromatic rings. The first-order valence-corrected chi connectivity index (χ1v) is 10.4. The summed E-state index contributed by atoms with van der Waals surface area (Å²) in [5, 5.41) is 11.7. The molecule has 1 amide bonds. The first-order valence-electron chi connectivity index (χ1n) is 10.4. The third kappa shape index (κ3) is 5.72. The fourth-order valence-electron chi connectivity index (χ4n) is 4.02. The van der Waals surface area contributed by atoms with Gasteiger partial charge in [-0.15, -0.1) is 0 Å². The number of hydrogen-bond acceptors (Lipinski definition) is 4. The second kappa shape index (κ2) is 10.1. The van der Waals surface area contributed by atoms with E-state index in [1.807, 2.05) is 36.4 Å². The molecule has 1 heterocycles. The van der Waals surface area contributed by atoms with Gasteiger partial charge in [0, 0.05) is 5.69 Å². The van der Waals surface area contributed by atoms with Crippen LogP contribution >= 0.6 is 0 Å². The van der Waals surface area contributed by atoms with Gasteiger partial charge in [-0.3, -0.25) is 19.5 Å². The second-order valence-corrected chi connectivity index (χ2v) is 7.87. The molecule has 3 rings (SSSR count). The van der Waals surface area contributed by atoms with Crippen molar-refractivity contribution in [3.8, 4) is 0 Å². The summed E-state index contributed by atoms with van der Waals surface area (Å²) in [6, 6.07) is 11.1. The molecular weight excluding hydrogens is 384 g/mol. The summed E-state index contributed by atoms with van der Waals surface area (Å²) in [7, 11) is 0. The maximum atomic E-state index is 13.0. The van der Waals surface area contributed by atoms with Crippen LogP contribution in [0.3, 0.4) is 0 Å². The minimum Gasteiger partial charge on any atom is -0.480 e. The molecule has 0 bridgehead atoms. The molecule has 7 heteroatoms. The van der Waals surface area contributed by atoms with Crippen LogP contribution in [-0.4, -0.2) is 21.7 Å². The molecule has 7 nitrogen and oxygen atoms in total. The molecule has 1 aromatic heterocycles. The zero-order chi connectivity index (χ0) is 21.5. The molecule has 1 aliphatic rings. The molecule has 1 fully saturated rings. The number of carboxylic acid groups (broad SMARTS) is 1. The first-order chi connectivity index (χ1) is 14.4. The highest BCUT2D eigenvalue weighted by Gasteiger charge is 2.21. The molecule has 1 saturated carbocycles. The van der Waals surface area contributed by atoms with Crippen LogP contribution in [0.5, 0.6) is 0 Å².